The van der Waals surface area contributed by atoms with Gasteiger partial charge >= 0.3 is 5.97 Å². The molecule has 3 rings (SSSR count). The predicted molar refractivity (Wildman–Crippen MR) is 85.7 cm³/mol. The van der Waals surface area contributed by atoms with Crippen LogP contribution >= 0.6 is 11.8 Å². The lowest BCUT2D eigenvalue weighted by molar-refractivity contribution is -0.146. The van der Waals surface area contributed by atoms with Crippen molar-refractivity contribution in [2.75, 3.05) is 5.75 Å². The fourth-order valence-corrected chi connectivity index (χ4v) is 4.80. The normalized spacial score (nSPS) is 26.9. The molecular weight excluding hydrogens is 282 g/mol. The van der Waals surface area contributed by atoms with Crippen molar-refractivity contribution in [2.24, 2.45) is 0 Å². The summed E-state index contributed by atoms with van der Waals surface area (Å²) in [5.74, 6) is 0.141. The average Bonchev–Trinajstić information content (AvgIpc) is 2.76. The van der Waals surface area contributed by atoms with E-state index in [1.807, 2.05) is 24.3 Å². The van der Waals surface area contributed by atoms with Gasteiger partial charge in [-0.25, -0.2) is 4.79 Å². The minimum absolute atomic E-state index is 0.333. The van der Waals surface area contributed by atoms with E-state index >= 15 is 0 Å². The molecule has 1 unspecified atom stereocenters. The van der Waals surface area contributed by atoms with Gasteiger partial charge in [0.2, 0.25) is 0 Å². The lowest BCUT2D eigenvalue weighted by Gasteiger charge is -2.38. The molecule has 0 saturated heterocycles. The monoisotopic (exact) mass is 305 g/mol. The standard InChI is InChI=1S/C17H23NO2S/c19-16(20)17(18-13-7-3-1-2-4-8-13)11-12-21-15-10-6-5-9-14(15)17/h5-6,9-10,13,18H,1-4,7-8,11-12H2,(H,19,20). The van der Waals surface area contributed by atoms with Crippen LogP contribution in [0.5, 0.6) is 0 Å². The van der Waals surface area contributed by atoms with Crippen LogP contribution in [0.15, 0.2) is 29.2 Å². The Hall–Kier alpha value is -1.00. The molecule has 1 aliphatic carbocycles. The van der Waals surface area contributed by atoms with Gasteiger partial charge in [0.15, 0.2) is 0 Å². The highest BCUT2D eigenvalue weighted by Gasteiger charge is 2.45. The summed E-state index contributed by atoms with van der Waals surface area (Å²) in [5.41, 5.74) is 0.0645. The summed E-state index contributed by atoms with van der Waals surface area (Å²) in [5, 5.41) is 13.5. The van der Waals surface area contributed by atoms with Crippen LogP contribution in [0.4, 0.5) is 0 Å². The number of hydrogen-bond acceptors (Lipinski definition) is 3. The largest absolute Gasteiger partial charge is 0.480 e. The number of nitrogens with one attached hydrogen (secondary N) is 1. The Morgan fingerprint density at radius 3 is 2.62 bits per heavy atom. The zero-order valence-corrected chi connectivity index (χ0v) is 13.1. The Labute approximate surface area is 130 Å². The van der Waals surface area contributed by atoms with Gasteiger partial charge in [0.1, 0.15) is 5.54 Å². The van der Waals surface area contributed by atoms with Gasteiger partial charge in [-0.1, -0.05) is 43.9 Å². The van der Waals surface area contributed by atoms with Crippen LogP contribution in [0, 0.1) is 0 Å². The minimum Gasteiger partial charge on any atom is -0.480 e. The van der Waals surface area contributed by atoms with Crippen molar-refractivity contribution in [3.8, 4) is 0 Å². The van der Waals surface area contributed by atoms with E-state index in [0.717, 1.165) is 29.1 Å². The van der Waals surface area contributed by atoms with Gasteiger partial charge in [-0.15, -0.1) is 11.8 Å². The molecule has 0 amide bonds. The molecule has 1 atom stereocenters. The van der Waals surface area contributed by atoms with Gasteiger partial charge < -0.3 is 5.11 Å². The molecule has 114 valence electrons. The summed E-state index contributed by atoms with van der Waals surface area (Å²) in [4.78, 5) is 13.2. The molecule has 0 bridgehead atoms. The highest BCUT2D eigenvalue weighted by Crippen LogP contribution is 2.41. The maximum atomic E-state index is 12.1. The molecule has 1 aromatic carbocycles. The Morgan fingerprint density at radius 2 is 1.90 bits per heavy atom. The first-order chi connectivity index (χ1) is 10.2. The summed E-state index contributed by atoms with van der Waals surface area (Å²) < 4.78 is 0. The second-order valence-corrected chi connectivity index (χ2v) is 7.27. The average molecular weight is 305 g/mol. The van der Waals surface area contributed by atoms with Crippen molar-refractivity contribution in [3.63, 3.8) is 0 Å². The summed E-state index contributed by atoms with van der Waals surface area (Å²) in [6.45, 7) is 0. The molecule has 21 heavy (non-hydrogen) atoms. The summed E-state index contributed by atoms with van der Waals surface area (Å²) >= 11 is 1.77. The highest BCUT2D eigenvalue weighted by atomic mass is 32.2. The molecular formula is C17H23NO2S. The molecule has 0 radical (unpaired) electrons. The molecule has 1 heterocycles. The zero-order valence-electron chi connectivity index (χ0n) is 12.3. The van der Waals surface area contributed by atoms with Crippen LogP contribution in [0.25, 0.3) is 0 Å². The SMILES string of the molecule is O=C(O)C1(NC2CCCCCC2)CCSc2ccccc21. The van der Waals surface area contributed by atoms with Crippen molar-refractivity contribution >= 4 is 17.7 Å². The lowest BCUT2D eigenvalue weighted by atomic mass is 9.85. The van der Waals surface area contributed by atoms with Crippen LogP contribution in [-0.2, 0) is 10.3 Å². The summed E-state index contributed by atoms with van der Waals surface area (Å²) in [7, 11) is 0. The predicted octanol–water partition coefficient (Wildman–Crippen LogP) is 3.77. The van der Waals surface area contributed by atoms with Gasteiger partial charge in [-0.05, 0) is 30.9 Å². The number of aliphatic carboxylic acids is 1. The van der Waals surface area contributed by atoms with E-state index in [1.165, 1.54) is 25.7 Å². The third-order valence-electron chi connectivity index (χ3n) is 4.75. The van der Waals surface area contributed by atoms with Crippen molar-refractivity contribution in [3.05, 3.63) is 29.8 Å². The molecule has 3 nitrogen and oxygen atoms in total. The van der Waals surface area contributed by atoms with Crippen LogP contribution < -0.4 is 5.32 Å². The van der Waals surface area contributed by atoms with Gasteiger partial charge in [0.05, 0.1) is 0 Å². The molecule has 4 heteroatoms. The topological polar surface area (TPSA) is 49.3 Å². The smallest absolute Gasteiger partial charge is 0.328 e. The molecule has 1 aromatic rings. The Bertz CT molecular complexity index is 511. The lowest BCUT2D eigenvalue weighted by Crippen LogP contribution is -2.55. The Balaban J connectivity index is 1.92. The number of carboxylic acid groups (broad SMARTS) is 1. The number of fused-ring (bicyclic) bond motifs is 1. The van der Waals surface area contributed by atoms with Crippen molar-refractivity contribution in [1.29, 1.82) is 0 Å². The summed E-state index contributed by atoms with van der Waals surface area (Å²) in [6.07, 6.45) is 7.86. The number of hydrogen-bond donors (Lipinski definition) is 2. The number of rotatable bonds is 3. The maximum absolute atomic E-state index is 12.1. The highest BCUT2D eigenvalue weighted by molar-refractivity contribution is 7.99. The third kappa shape index (κ3) is 2.97. The van der Waals surface area contributed by atoms with Crippen molar-refractivity contribution < 1.29 is 9.90 Å². The van der Waals surface area contributed by atoms with Crippen LogP contribution in [0.2, 0.25) is 0 Å². The van der Waals surface area contributed by atoms with Gasteiger partial charge in [0.25, 0.3) is 0 Å². The van der Waals surface area contributed by atoms with Crippen LogP contribution in [-0.4, -0.2) is 22.9 Å². The van der Waals surface area contributed by atoms with E-state index in [1.54, 1.807) is 11.8 Å². The van der Waals surface area contributed by atoms with Gasteiger partial charge in [-0.3, -0.25) is 5.32 Å². The molecule has 0 aromatic heterocycles. The van der Waals surface area contributed by atoms with Crippen molar-refractivity contribution in [1.82, 2.24) is 5.32 Å². The molecule has 1 aliphatic heterocycles. The number of carbonyl (C=O) groups is 1. The van der Waals surface area contributed by atoms with Gasteiger partial charge in [0, 0.05) is 16.7 Å². The first kappa shape index (κ1) is 14.9. The number of benzene rings is 1. The van der Waals surface area contributed by atoms with E-state index in [4.69, 9.17) is 0 Å². The fourth-order valence-electron chi connectivity index (χ4n) is 3.60. The van der Waals surface area contributed by atoms with E-state index in [2.05, 4.69) is 5.32 Å². The third-order valence-corrected chi connectivity index (χ3v) is 5.83. The fraction of sp³-hybridized carbons (Fsp3) is 0.588. The number of thioether (sulfide) groups is 1. The Morgan fingerprint density at radius 1 is 1.19 bits per heavy atom. The van der Waals surface area contributed by atoms with Gasteiger partial charge in [-0.2, -0.15) is 0 Å². The van der Waals surface area contributed by atoms with E-state index in [0.29, 0.717) is 12.5 Å². The minimum atomic E-state index is -0.892. The first-order valence-corrected chi connectivity index (χ1v) is 8.94. The van der Waals surface area contributed by atoms with E-state index < -0.39 is 11.5 Å². The van der Waals surface area contributed by atoms with Crippen LogP contribution in [0.3, 0.4) is 0 Å². The first-order valence-electron chi connectivity index (χ1n) is 7.96. The zero-order chi connectivity index (χ0) is 14.7. The quantitative estimate of drug-likeness (QED) is 0.835. The molecule has 1 saturated carbocycles. The van der Waals surface area contributed by atoms with Crippen molar-refractivity contribution in [2.45, 2.75) is 61.4 Å². The van der Waals surface area contributed by atoms with E-state index in [9.17, 15) is 9.90 Å². The summed E-state index contributed by atoms with van der Waals surface area (Å²) in [6, 6.07) is 8.32. The van der Waals surface area contributed by atoms with Crippen LogP contribution in [0.1, 0.15) is 50.5 Å². The molecule has 0 spiro atoms. The molecule has 2 aliphatic rings. The van der Waals surface area contributed by atoms with E-state index in [-0.39, 0.29) is 0 Å². The molecule has 1 fully saturated rings. The maximum Gasteiger partial charge on any atom is 0.328 e. The number of carboxylic acids is 1. The second kappa shape index (κ2) is 6.41. The Kier molecular flexibility index (Phi) is 4.55. The second-order valence-electron chi connectivity index (χ2n) is 6.14. The molecule has 2 N–H and O–H groups in total.